The summed E-state index contributed by atoms with van der Waals surface area (Å²) in [4.78, 5) is 12.6. The average Bonchev–Trinajstić information content (AvgIpc) is 3.23. The molecule has 8 nitrogen and oxygen atoms in total. The van der Waals surface area contributed by atoms with Crippen molar-refractivity contribution in [3.63, 3.8) is 0 Å². The molecule has 0 radical (unpaired) electrons. The molecule has 4 aromatic rings. The molecule has 5 rings (SSSR count). The Morgan fingerprint density at radius 2 is 2.04 bits per heavy atom. The summed E-state index contributed by atoms with van der Waals surface area (Å²) in [6.45, 7) is 3.86. The molecule has 0 fully saturated rings. The molecule has 0 saturated carbocycles. The van der Waals surface area contributed by atoms with Crippen molar-refractivity contribution < 1.29 is 4.42 Å². The van der Waals surface area contributed by atoms with Crippen molar-refractivity contribution in [2.45, 2.75) is 19.0 Å². The van der Waals surface area contributed by atoms with Gasteiger partial charge in [-0.15, -0.1) is 10.2 Å². The Hall–Kier alpha value is -2.72. The third-order valence-electron chi connectivity index (χ3n) is 4.36. The minimum atomic E-state index is -0.418. The monoisotopic (exact) mass is 456 g/mol. The number of hydrogen-bond donors (Lipinski definition) is 0. The van der Waals surface area contributed by atoms with Crippen molar-refractivity contribution in [1.82, 2.24) is 24.7 Å². The van der Waals surface area contributed by atoms with Crippen LogP contribution >= 0.6 is 27.7 Å². The molecule has 3 aromatic heterocycles. The molecule has 1 aromatic carbocycles. The maximum atomic E-state index is 12.6. The van der Waals surface area contributed by atoms with Crippen LogP contribution in [-0.4, -0.2) is 36.1 Å². The van der Waals surface area contributed by atoms with Crippen LogP contribution in [0.25, 0.3) is 16.9 Å². The molecule has 0 bridgehead atoms. The first-order chi connectivity index (χ1) is 13.5. The molecule has 10 heteroatoms. The number of thioether (sulfide) groups is 1. The maximum Gasteiger partial charge on any atom is 0.345 e. The van der Waals surface area contributed by atoms with E-state index in [4.69, 9.17) is 4.42 Å². The van der Waals surface area contributed by atoms with Crippen LogP contribution in [0.3, 0.4) is 0 Å². The van der Waals surface area contributed by atoms with Crippen LogP contribution in [0.1, 0.15) is 17.0 Å². The van der Waals surface area contributed by atoms with Crippen molar-refractivity contribution in [1.29, 1.82) is 0 Å². The van der Waals surface area contributed by atoms with Crippen LogP contribution in [0.15, 0.2) is 54.3 Å². The van der Waals surface area contributed by atoms with Gasteiger partial charge in [-0.3, -0.25) is 0 Å². The molecule has 0 amide bonds. The van der Waals surface area contributed by atoms with E-state index in [0.29, 0.717) is 33.7 Å². The van der Waals surface area contributed by atoms with Gasteiger partial charge in [0.05, 0.1) is 17.0 Å². The zero-order valence-corrected chi connectivity index (χ0v) is 17.3. The second-order valence-electron chi connectivity index (χ2n) is 6.40. The Morgan fingerprint density at radius 1 is 1.18 bits per heavy atom. The highest BCUT2D eigenvalue weighted by molar-refractivity contribution is 9.10. The number of halogens is 1. The minimum absolute atomic E-state index is 0.418. The summed E-state index contributed by atoms with van der Waals surface area (Å²) in [7, 11) is 0. The predicted octanol–water partition coefficient (Wildman–Crippen LogP) is 3.31. The second-order valence-corrected chi connectivity index (χ2v) is 8.26. The predicted molar refractivity (Wildman–Crippen MR) is 109 cm³/mol. The van der Waals surface area contributed by atoms with Gasteiger partial charge in [-0.05, 0) is 44.2 Å². The molecule has 0 saturated heterocycles. The summed E-state index contributed by atoms with van der Waals surface area (Å²) in [6, 6.07) is 9.27. The first-order valence-corrected chi connectivity index (χ1v) is 10.2. The number of hydrogen-bond acceptors (Lipinski definition) is 7. The van der Waals surface area contributed by atoms with Crippen LogP contribution in [-0.2, 0) is 0 Å². The smallest absolute Gasteiger partial charge is 0.345 e. The van der Waals surface area contributed by atoms with Crippen LogP contribution in [0, 0.1) is 13.8 Å². The summed E-state index contributed by atoms with van der Waals surface area (Å²) < 4.78 is 9.70. The zero-order valence-electron chi connectivity index (χ0n) is 14.9. The molecule has 0 unspecified atom stereocenters. The van der Waals surface area contributed by atoms with Crippen LogP contribution in [0.2, 0.25) is 0 Å². The van der Waals surface area contributed by atoms with Crippen molar-refractivity contribution in [3.8, 4) is 5.95 Å². The van der Waals surface area contributed by atoms with Gasteiger partial charge in [0.25, 0.3) is 5.95 Å². The first-order valence-electron chi connectivity index (χ1n) is 8.43. The van der Waals surface area contributed by atoms with E-state index in [0.717, 1.165) is 21.2 Å². The van der Waals surface area contributed by atoms with E-state index >= 15 is 0 Å². The van der Waals surface area contributed by atoms with E-state index in [-0.39, 0.29) is 0 Å². The Kier molecular flexibility index (Phi) is 3.98. The third-order valence-corrected chi connectivity index (χ3v) is 5.78. The summed E-state index contributed by atoms with van der Waals surface area (Å²) in [5, 5.41) is 19.0. The van der Waals surface area contributed by atoms with E-state index in [1.54, 1.807) is 15.4 Å². The molecular weight excluding hydrogens is 444 g/mol. The fourth-order valence-electron chi connectivity index (χ4n) is 3.11. The minimum Gasteiger partial charge on any atom is -0.422 e. The van der Waals surface area contributed by atoms with E-state index in [1.807, 2.05) is 38.1 Å². The lowest BCUT2D eigenvalue weighted by molar-refractivity contribution is 0.559. The van der Waals surface area contributed by atoms with Crippen molar-refractivity contribution in [3.05, 3.63) is 62.2 Å². The highest BCUT2D eigenvalue weighted by Crippen LogP contribution is 2.26. The van der Waals surface area contributed by atoms with Crippen LogP contribution in [0.5, 0.6) is 0 Å². The molecule has 140 valence electrons. The largest absolute Gasteiger partial charge is 0.422 e. The normalized spacial score (nSPS) is 13.6. The number of fused-ring (bicyclic) bond motifs is 2. The zero-order chi connectivity index (χ0) is 19.4. The molecule has 28 heavy (non-hydrogen) atoms. The number of rotatable bonds is 2. The number of benzene rings is 1. The van der Waals surface area contributed by atoms with Crippen LogP contribution in [0.4, 0.5) is 0 Å². The Labute approximate surface area is 171 Å². The molecule has 1 aliphatic heterocycles. The standard InChI is InChI=1S/C18H13BrN6O2S/c1-9-5-10(2)24(22-9)17-20-21-18-25(17)23-14(8-28-18)13-7-11-6-12(19)3-4-15(11)27-16(13)26/h3-7H,8H2,1-2H3. The Bertz CT molecular complexity index is 1340. The van der Waals surface area contributed by atoms with Gasteiger partial charge in [-0.1, -0.05) is 27.7 Å². The number of aryl methyl sites for hydroxylation is 2. The summed E-state index contributed by atoms with van der Waals surface area (Å²) in [5.74, 6) is 0.984. The fraction of sp³-hybridized carbons (Fsp3) is 0.167. The van der Waals surface area contributed by atoms with Gasteiger partial charge in [0.15, 0.2) is 0 Å². The van der Waals surface area contributed by atoms with Crippen molar-refractivity contribution >= 4 is 44.4 Å². The highest BCUT2D eigenvalue weighted by Gasteiger charge is 2.24. The van der Waals surface area contributed by atoms with Gasteiger partial charge in [0, 0.05) is 21.3 Å². The summed E-state index contributed by atoms with van der Waals surface area (Å²) in [5.41, 5.74) is 2.96. The van der Waals surface area contributed by atoms with E-state index < -0.39 is 5.63 Å². The molecule has 0 atom stereocenters. The van der Waals surface area contributed by atoms with E-state index in [1.165, 1.54) is 11.8 Å². The fourth-order valence-corrected chi connectivity index (χ4v) is 4.31. The molecule has 0 spiro atoms. The first kappa shape index (κ1) is 17.4. The third kappa shape index (κ3) is 2.80. The number of nitrogens with zero attached hydrogens (tertiary/aromatic N) is 6. The highest BCUT2D eigenvalue weighted by atomic mass is 79.9. The molecular formula is C18H13BrN6O2S. The number of aromatic nitrogens is 5. The van der Waals surface area contributed by atoms with Crippen molar-refractivity contribution in [2.75, 3.05) is 5.75 Å². The molecule has 1 aliphatic rings. The molecule has 0 N–H and O–H groups in total. The van der Waals surface area contributed by atoms with Crippen molar-refractivity contribution in [2.24, 2.45) is 5.10 Å². The van der Waals surface area contributed by atoms with Gasteiger partial charge in [-0.2, -0.15) is 14.9 Å². The van der Waals surface area contributed by atoms with Gasteiger partial charge >= 0.3 is 5.63 Å². The van der Waals surface area contributed by atoms with E-state index in [9.17, 15) is 4.79 Å². The van der Waals surface area contributed by atoms with E-state index in [2.05, 4.69) is 36.3 Å². The average molecular weight is 457 g/mol. The van der Waals surface area contributed by atoms with Gasteiger partial charge in [-0.25, -0.2) is 9.48 Å². The molecule has 4 heterocycles. The van der Waals surface area contributed by atoms with Crippen LogP contribution < -0.4 is 5.63 Å². The Morgan fingerprint density at radius 3 is 2.82 bits per heavy atom. The topological polar surface area (TPSA) is 91.1 Å². The quantitative estimate of drug-likeness (QED) is 0.429. The van der Waals surface area contributed by atoms with Gasteiger partial charge in [0.1, 0.15) is 5.58 Å². The van der Waals surface area contributed by atoms with Gasteiger partial charge in [0.2, 0.25) is 5.16 Å². The Balaban J connectivity index is 1.67. The SMILES string of the molecule is Cc1cc(C)n(-c2nnc3n2N=C(c2cc4cc(Br)ccc4oc2=O)CS3)n1. The lowest BCUT2D eigenvalue weighted by Crippen LogP contribution is -2.21. The second kappa shape index (κ2) is 6.42. The van der Waals surface area contributed by atoms with Gasteiger partial charge < -0.3 is 4.42 Å². The maximum absolute atomic E-state index is 12.6. The molecule has 0 aliphatic carbocycles. The lowest BCUT2D eigenvalue weighted by Gasteiger charge is -2.13. The summed E-state index contributed by atoms with van der Waals surface area (Å²) >= 11 is 4.91. The lowest BCUT2D eigenvalue weighted by atomic mass is 10.1. The summed E-state index contributed by atoms with van der Waals surface area (Å²) in [6.07, 6.45) is 0.